The van der Waals surface area contributed by atoms with Gasteiger partial charge < -0.3 is 5.11 Å². The highest BCUT2D eigenvalue weighted by Crippen LogP contribution is 2.20. The van der Waals surface area contributed by atoms with Crippen LogP contribution in [-0.2, 0) is 0 Å². The summed E-state index contributed by atoms with van der Waals surface area (Å²) in [7, 11) is 0. The number of carboxylic acid groups (broad SMARTS) is 1. The van der Waals surface area contributed by atoms with Gasteiger partial charge in [-0.05, 0) is 19.9 Å². The fourth-order valence-electron chi connectivity index (χ4n) is 2.10. The summed E-state index contributed by atoms with van der Waals surface area (Å²) in [5, 5.41) is 13.5. The van der Waals surface area contributed by atoms with E-state index in [1.54, 1.807) is 10.6 Å². The maximum atomic E-state index is 11.0. The second kappa shape index (κ2) is 4.45. The molecule has 0 atom stereocenters. The van der Waals surface area contributed by atoms with E-state index in [0.29, 0.717) is 5.65 Å². The minimum atomic E-state index is -1.03. The zero-order valence-corrected chi connectivity index (χ0v) is 11.2. The average Bonchev–Trinajstić information content (AvgIpc) is 2.84. The van der Waals surface area contributed by atoms with E-state index in [-0.39, 0.29) is 5.69 Å². The van der Waals surface area contributed by atoms with E-state index in [1.807, 2.05) is 38.1 Å². The van der Waals surface area contributed by atoms with Crippen molar-refractivity contribution in [2.75, 3.05) is 0 Å². The Labute approximate surface area is 115 Å². The zero-order chi connectivity index (χ0) is 14.3. The summed E-state index contributed by atoms with van der Waals surface area (Å²) in [6, 6.07) is 11.3. The van der Waals surface area contributed by atoms with Crippen molar-refractivity contribution in [3.63, 3.8) is 0 Å². The van der Waals surface area contributed by atoms with Crippen LogP contribution in [0, 0.1) is 13.8 Å². The summed E-state index contributed by atoms with van der Waals surface area (Å²) in [5.74, 6) is -1.03. The minimum Gasteiger partial charge on any atom is -0.477 e. The first-order valence-corrected chi connectivity index (χ1v) is 6.22. The fourth-order valence-corrected chi connectivity index (χ4v) is 2.10. The second-order valence-electron chi connectivity index (χ2n) is 4.75. The molecule has 0 fully saturated rings. The van der Waals surface area contributed by atoms with Gasteiger partial charge in [0.15, 0.2) is 11.3 Å². The first kappa shape index (κ1) is 12.3. The molecule has 5 nitrogen and oxygen atoms in total. The Bertz CT molecular complexity index is 804. The molecule has 0 aliphatic rings. The summed E-state index contributed by atoms with van der Waals surface area (Å²) < 4.78 is 1.65. The van der Waals surface area contributed by atoms with Crippen LogP contribution < -0.4 is 0 Å². The van der Waals surface area contributed by atoms with Crippen molar-refractivity contribution in [2.45, 2.75) is 13.8 Å². The highest BCUT2D eigenvalue weighted by molar-refractivity contribution is 5.86. The molecular formula is C15H13N3O2. The molecule has 100 valence electrons. The number of carboxylic acids is 1. The molecule has 0 aliphatic heterocycles. The third-order valence-corrected chi connectivity index (χ3v) is 3.17. The number of aromatic nitrogens is 3. The SMILES string of the molecule is Cc1ccc(-c2cc3nc(C(=O)O)cc(C)n3n2)cc1. The average molecular weight is 267 g/mol. The van der Waals surface area contributed by atoms with E-state index in [4.69, 9.17) is 5.11 Å². The van der Waals surface area contributed by atoms with Gasteiger partial charge in [-0.2, -0.15) is 5.10 Å². The van der Waals surface area contributed by atoms with Crippen molar-refractivity contribution in [3.05, 3.63) is 53.3 Å². The molecule has 0 amide bonds. The first-order chi connectivity index (χ1) is 9.54. The van der Waals surface area contributed by atoms with E-state index in [0.717, 1.165) is 17.0 Å². The highest BCUT2D eigenvalue weighted by Gasteiger charge is 2.12. The van der Waals surface area contributed by atoms with Gasteiger partial charge in [-0.25, -0.2) is 14.3 Å². The Balaban J connectivity index is 2.17. The Morgan fingerprint density at radius 2 is 1.85 bits per heavy atom. The lowest BCUT2D eigenvalue weighted by Crippen LogP contribution is -2.05. The molecule has 3 aromatic rings. The summed E-state index contributed by atoms with van der Waals surface area (Å²) in [4.78, 5) is 15.1. The summed E-state index contributed by atoms with van der Waals surface area (Å²) in [6.07, 6.45) is 0. The Kier molecular flexibility index (Phi) is 2.75. The quantitative estimate of drug-likeness (QED) is 0.775. The van der Waals surface area contributed by atoms with Crippen molar-refractivity contribution < 1.29 is 9.90 Å². The molecule has 0 bridgehead atoms. The summed E-state index contributed by atoms with van der Waals surface area (Å²) >= 11 is 0. The number of carbonyl (C=O) groups is 1. The molecule has 20 heavy (non-hydrogen) atoms. The van der Waals surface area contributed by atoms with Gasteiger partial charge in [0, 0.05) is 17.3 Å². The molecule has 0 aliphatic carbocycles. The van der Waals surface area contributed by atoms with Crippen LogP contribution >= 0.6 is 0 Å². The van der Waals surface area contributed by atoms with Gasteiger partial charge >= 0.3 is 5.97 Å². The molecule has 0 saturated heterocycles. The third-order valence-electron chi connectivity index (χ3n) is 3.17. The van der Waals surface area contributed by atoms with Crippen LogP contribution in [0.15, 0.2) is 36.4 Å². The largest absolute Gasteiger partial charge is 0.477 e. The lowest BCUT2D eigenvalue weighted by molar-refractivity contribution is 0.0690. The number of nitrogens with zero attached hydrogens (tertiary/aromatic N) is 3. The third kappa shape index (κ3) is 2.03. The van der Waals surface area contributed by atoms with Crippen LogP contribution in [0.25, 0.3) is 16.9 Å². The van der Waals surface area contributed by atoms with Crippen molar-refractivity contribution in [2.24, 2.45) is 0 Å². The maximum Gasteiger partial charge on any atom is 0.354 e. The van der Waals surface area contributed by atoms with Crippen molar-refractivity contribution in [1.82, 2.24) is 14.6 Å². The van der Waals surface area contributed by atoms with Crippen molar-refractivity contribution in [1.29, 1.82) is 0 Å². The lowest BCUT2D eigenvalue weighted by atomic mass is 10.1. The normalized spacial score (nSPS) is 10.9. The molecule has 0 radical (unpaired) electrons. The zero-order valence-electron chi connectivity index (χ0n) is 11.2. The van der Waals surface area contributed by atoms with Gasteiger partial charge in [-0.1, -0.05) is 29.8 Å². The predicted octanol–water partition coefficient (Wildman–Crippen LogP) is 2.71. The van der Waals surface area contributed by atoms with Crippen LogP contribution in [0.4, 0.5) is 0 Å². The van der Waals surface area contributed by atoms with Crippen LogP contribution in [0.1, 0.15) is 21.7 Å². The Hall–Kier alpha value is -2.69. The van der Waals surface area contributed by atoms with Gasteiger partial charge in [0.1, 0.15) is 0 Å². The van der Waals surface area contributed by atoms with Crippen LogP contribution in [0.5, 0.6) is 0 Å². The molecule has 1 aromatic carbocycles. The molecule has 0 unspecified atom stereocenters. The standard InChI is InChI=1S/C15H13N3O2/c1-9-3-5-11(6-4-9)12-8-14-16-13(15(19)20)7-10(2)18(14)17-12/h3-8H,1-2H3,(H,19,20). The second-order valence-corrected chi connectivity index (χ2v) is 4.75. The number of hydrogen-bond acceptors (Lipinski definition) is 3. The minimum absolute atomic E-state index is 0.0327. The molecule has 2 heterocycles. The van der Waals surface area contributed by atoms with Crippen LogP contribution in [0.2, 0.25) is 0 Å². The van der Waals surface area contributed by atoms with E-state index in [9.17, 15) is 4.79 Å². The van der Waals surface area contributed by atoms with Crippen molar-refractivity contribution >= 4 is 11.6 Å². The summed E-state index contributed by atoms with van der Waals surface area (Å²) in [6.45, 7) is 3.84. The topological polar surface area (TPSA) is 67.5 Å². The van der Waals surface area contributed by atoms with Gasteiger partial charge in [0.05, 0.1) is 5.69 Å². The molecule has 0 saturated carbocycles. The summed E-state index contributed by atoms with van der Waals surface area (Å²) in [5.41, 5.74) is 4.26. The van der Waals surface area contributed by atoms with Crippen LogP contribution in [0.3, 0.4) is 0 Å². The van der Waals surface area contributed by atoms with E-state index >= 15 is 0 Å². The first-order valence-electron chi connectivity index (χ1n) is 6.22. The van der Waals surface area contributed by atoms with E-state index < -0.39 is 5.97 Å². The van der Waals surface area contributed by atoms with Gasteiger partial charge in [-0.15, -0.1) is 0 Å². The molecule has 3 rings (SSSR count). The van der Waals surface area contributed by atoms with E-state index in [1.165, 1.54) is 11.6 Å². The highest BCUT2D eigenvalue weighted by atomic mass is 16.4. The van der Waals surface area contributed by atoms with Crippen LogP contribution in [-0.4, -0.2) is 25.7 Å². The number of rotatable bonds is 2. The lowest BCUT2D eigenvalue weighted by Gasteiger charge is -2.00. The van der Waals surface area contributed by atoms with Gasteiger partial charge in [-0.3, -0.25) is 0 Å². The number of aryl methyl sites for hydroxylation is 2. The van der Waals surface area contributed by atoms with E-state index in [2.05, 4.69) is 10.1 Å². The van der Waals surface area contributed by atoms with Gasteiger partial charge in [0.2, 0.25) is 0 Å². The molecule has 0 spiro atoms. The molecule has 2 aromatic heterocycles. The Morgan fingerprint density at radius 1 is 1.15 bits per heavy atom. The van der Waals surface area contributed by atoms with Crippen molar-refractivity contribution in [3.8, 4) is 11.3 Å². The van der Waals surface area contributed by atoms with Gasteiger partial charge in [0.25, 0.3) is 0 Å². The predicted molar refractivity (Wildman–Crippen MR) is 74.9 cm³/mol. The fraction of sp³-hybridized carbons (Fsp3) is 0.133. The Morgan fingerprint density at radius 3 is 2.50 bits per heavy atom. The number of aromatic carboxylic acids is 1. The number of benzene rings is 1. The number of hydrogen-bond donors (Lipinski definition) is 1. The molecule has 5 heteroatoms. The maximum absolute atomic E-state index is 11.0. The molecular weight excluding hydrogens is 254 g/mol. The monoisotopic (exact) mass is 267 g/mol. The molecule has 1 N–H and O–H groups in total. The smallest absolute Gasteiger partial charge is 0.354 e. The number of fused-ring (bicyclic) bond motifs is 1.